The molecular weight excluding hydrogens is 234 g/mol. The van der Waals surface area contributed by atoms with Gasteiger partial charge in [-0.2, -0.15) is 0 Å². The van der Waals surface area contributed by atoms with Crippen LogP contribution in [0.1, 0.15) is 6.92 Å². The molecule has 0 aliphatic carbocycles. The predicted octanol–water partition coefficient (Wildman–Crippen LogP) is -3.26. The first kappa shape index (κ1) is 15.8. The number of methoxy groups -OCH3 is 1. The van der Waals surface area contributed by atoms with E-state index in [2.05, 4.69) is 10.1 Å². The second-order valence-electron chi connectivity index (χ2n) is 3.43. The Hall–Kier alpha value is -1.22. The van der Waals surface area contributed by atoms with Crippen molar-refractivity contribution >= 4 is 11.9 Å². The number of hydrogen-bond acceptors (Lipinski definition) is 7. The molecule has 0 aliphatic heterocycles. The van der Waals surface area contributed by atoms with Gasteiger partial charge in [0.25, 0.3) is 0 Å². The molecule has 0 aliphatic rings. The van der Waals surface area contributed by atoms with Gasteiger partial charge in [0.1, 0.15) is 18.3 Å². The van der Waals surface area contributed by atoms with E-state index in [1.54, 1.807) is 0 Å². The lowest BCUT2D eigenvalue weighted by Gasteiger charge is -2.27. The Balaban J connectivity index is 4.78. The van der Waals surface area contributed by atoms with Crippen LogP contribution in [0.5, 0.6) is 0 Å². The predicted molar refractivity (Wildman–Crippen MR) is 54.7 cm³/mol. The van der Waals surface area contributed by atoms with Gasteiger partial charge < -0.3 is 30.5 Å². The van der Waals surface area contributed by atoms with E-state index in [1.165, 1.54) is 0 Å². The van der Waals surface area contributed by atoms with Crippen molar-refractivity contribution in [3.8, 4) is 0 Å². The average molecular weight is 251 g/mol. The maximum absolute atomic E-state index is 11.3. The zero-order chi connectivity index (χ0) is 13.6. The topological polar surface area (TPSA) is 136 Å². The Morgan fingerprint density at radius 2 is 1.76 bits per heavy atom. The summed E-state index contributed by atoms with van der Waals surface area (Å²) in [5, 5.41) is 38.8. The lowest BCUT2D eigenvalue weighted by molar-refractivity contribution is -0.154. The van der Waals surface area contributed by atoms with E-state index >= 15 is 0 Å². The summed E-state index contributed by atoms with van der Waals surface area (Å²) in [5.74, 6) is -1.60. The SMILES string of the molecule is COC(=O)[C@H](NC(C)=O)[C@@H](O)[C@H](O)[C@H](O)CO. The Morgan fingerprint density at radius 3 is 2.12 bits per heavy atom. The summed E-state index contributed by atoms with van der Waals surface area (Å²) in [7, 11) is 1.04. The number of carbonyl (C=O) groups excluding carboxylic acids is 2. The van der Waals surface area contributed by atoms with Crippen molar-refractivity contribution in [1.82, 2.24) is 5.32 Å². The van der Waals surface area contributed by atoms with E-state index in [0.717, 1.165) is 14.0 Å². The maximum Gasteiger partial charge on any atom is 0.331 e. The highest BCUT2D eigenvalue weighted by Gasteiger charge is 2.36. The maximum atomic E-state index is 11.3. The summed E-state index contributed by atoms with van der Waals surface area (Å²) in [5.41, 5.74) is 0. The van der Waals surface area contributed by atoms with E-state index in [1.807, 2.05) is 0 Å². The van der Waals surface area contributed by atoms with Crippen molar-refractivity contribution in [2.75, 3.05) is 13.7 Å². The van der Waals surface area contributed by atoms with Crippen LogP contribution in [0.2, 0.25) is 0 Å². The lowest BCUT2D eigenvalue weighted by atomic mass is 10.0. The van der Waals surface area contributed by atoms with Gasteiger partial charge in [0.2, 0.25) is 5.91 Å². The quantitative estimate of drug-likeness (QED) is 0.312. The van der Waals surface area contributed by atoms with Crippen LogP contribution in [0, 0.1) is 0 Å². The zero-order valence-corrected chi connectivity index (χ0v) is 9.53. The van der Waals surface area contributed by atoms with E-state index in [0.29, 0.717) is 0 Å². The van der Waals surface area contributed by atoms with Gasteiger partial charge in [0.15, 0.2) is 6.04 Å². The molecule has 0 saturated carbocycles. The smallest absolute Gasteiger partial charge is 0.331 e. The van der Waals surface area contributed by atoms with Crippen LogP contribution in [0.4, 0.5) is 0 Å². The Bertz CT molecular complexity index is 270. The summed E-state index contributed by atoms with van der Waals surface area (Å²) in [4.78, 5) is 22.1. The van der Waals surface area contributed by atoms with Gasteiger partial charge in [-0.25, -0.2) is 4.79 Å². The highest BCUT2D eigenvalue weighted by molar-refractivity contribution is 5.83. The molecule has 0 spiro atoms. The Kier molecular flexibility index (Phi) is 6.66. The molecule has 0 fully saturated rings. The third-order valence-corrected chi connectivity index (χ3v) is 2.09. The molecule has 17 heavy (non-hydrogen) atoms. The van der Waals surface area contributed by atoms with Gasteiger partial charge >= 0.3 is 5.97 Å². The van der Waals surface area contributed by atoms with E-state index in [4.69, 9.17) is 10.2 Å². The third-order valence-electron chi connectivity index (χ3n) is 2.09. The number of carbonyl (C=O) groups is 2. The van der Waals surface area contributed by atoms with Crippen LogP contribution in [-0.2, 0) is 14.3 Å². The second kappa shape index (κ2) is 7.17. The first-order chi connectivity index (χ1) is 7.84. The lowest BCUT2D eigenvalue weighted by Crippen LogP contribution is -2.56. The van der Waals surface area contributed by atoms with Crippen molar-refractivity contribution in [3.05, 3.63) is 0 Å². The monoisotopic (exact) mass is 251 g/mol. The average Bonchev–Trinajstić information content (AvgIpc) is 2.31. The summed E-state index contributed by atoms with van der Waals surface area (Å²) in [6.45, 7) is 0.309. The number of hydrogen-bond donors (Lipinski definition) is 5. The van der Waals surface area contributed by atoms with Gasteiger partial charge in [-0.1, -0.05) is 0 Å². The number of esters is 1. The largest absolute Gasteiger partial charge is 0.467 e. The van der Waals surface area contributed by atoms with Crippen molar-refractivity contribution in [2.45, 2.75) is 31.3 Å². The summed E-state index contributed by atoms with van der Waals surface area (Å²) in [6, 6.07) is -1.52. The fourth-order valence-corrected chi connectivity index (χ4v) is 1.16. The standard InChI is InChI=1S/C9H17NO7/c1-4(12)10-6(9(16)17-2)8(15)7(14)5(13)3-11/h5-8,11,13-15H,3H2,1-2H3,(H,10,12)/t5-,6-,7-,8-/m1/s1. The summed E-state index contributed by atoms with van der Waals surface area (Å²) < 4.78 is 4.33. The fraction of sp³-hybridized carbons (Fsp3) is 0.778. The zero-order valence-electron chi connectivity index (χ0n) is 9.53. The highest BCUT2D eigenvalue weighted by atomic mass is 16.5. The molecule has 0 aromatic rings. The molecule has 0 unspecified atom stereocenters. The second-order valence-corrected chi connectivity index (χ2v) is 3.43. The number of nitrogens with one attached hydrogen (secondary N) is 1. The number of aliphatic hydroxyl groups excluding tert-OH is 4. The van der Waals surface area contributed by atoms with Crippen LogP contribution in [0.3, 0.4) is 0 Å². The fourth-order valence-electron chi connectivity index (χ4n) is 1.16. The van der Waals surface area contributed by atoms with Crippen LogP contribution >= 0.6 is 0 Å². The Labute approximate surface area is 97.8 Å². The molecule has 8 heteroatoms. The van der Waals surface area contributed by atoms with Gasteiger partial charge in [-0.3, -0.25) is 4.79 Å². The van der Waals surface area contributed by atoms with Gasteiger partial charge in [-0.15, -0.1) is 0 Å². The van der Waals surface area contributed by atoms with Gasteiger partial charge in [-0.05, 0) is 0 Å². The number of aliphatic hydroxyl groups is 4. The number of ether oxygens (including phenoxy) is 1. The highest BCUT2D eigenvalue weighted by Crippen LogP contribution is 2.06. The minimum Gasteiger partial charge on any atom is -0.467 e. The summed E-state index contributed by atoms with van der Waals surface area (Å²) in [6.07, 6.45) is -5.23. The molecule has 1 amide bonds. The van der Waals surface area contributed by atoms with Gasteiger partial charge in [0, 0.05) is 6.92 Å². The van der Waals surface area contributed by atoms with Crippen LogP contribution < -0.4 is 5.32 Å². The molecule has 0 bridgehead atoms. The van der Waals surface area contributed by atoms with E-state index in [9.17, 15) is 19.8 Å². The number of rotatable bonds is 6. The third kappa shape index (κ3) is 4.65. The van der Waals surface area contributed by atoms with E-state index in [-0.39, 0.29) is 0 Å². The minimum atomic E-state index is -1.80. The molecule has 8 nitrogen and oxygen atoms in total. The molecule has 0 aromatic heterocycles. The molecular formula is C9H17NO7. The van der Waals surface area contributed by atoms with Crippen LogP contribution in [0.15, 0.2) is 0 Å². The van der Waals surface area contributed by atoms with Gasteiger partial charge in [0.05, 0.1) is 13.7 Å². The van der Waals surface area contributed by atoms with Crippen LogP contribution in [-0.4, -0.2) is 70.4 Å². The van der Waals surface area contributed by atoms with E-state index < -0.39 is 42.8 Å². The molecule has 0 heterocycles. The molecule has 0 radical (unpaired) electrons. The first-order valence-corrected chi connectivity index (χ1v) is 4.85. The Morgan fingerprint density at radius 1 is 1.24 bits per heavy atom. The summed E-state index contributed by atoms with van der Waals surface area (Å²) >= 11 is 0. The molecule has 4 atom stereocenters. The van der Waals surface area contributed by atoms with Crippen molar-refractivity contribution < 1.29 is 34.8 Å². The van der Waals surface area contributed by atoms with Crippen LogP contribution in [0.25, 0.3) is 0 Å². The molecule has 0 aromatic carbocycles. The molecule has 0 saturated heterocycles. The molecule has 100 valence electrons. The first-order valence-electron chi connectivity index (χ1n) is 4.85. The van der Waals surface area contributed by atoms with Crippen molar-refractivity contribution in [1.29, 1.82) is 0 Å². The van der Waals surface area contributed by atoms with Crippen molar-refractivity contribution in [2.24, 2.45) is 0 Å². The molecule has 5 N–H and O–H groups in total. The number of amides is 1. The normalized spacial score (nSPS) is 17.8. The molecule has 0 rings (SSSR count). The van der Waals surface area contributed by atoms with Crippen molar-refractivity contribution in [3.63, 3.8) is 0 Å². The minimum absolute atomic E-state index is 0.620.